The number of carbonyl (C=O) groups is 2. The van der Waals surface area contributed by atoms with Gasteiger partial charge in [0.2, 0.25) is 0 Å². The van der Waals surface area contributed by atoms with Crippen LogP contribution in [0.2, 0.25) is 0 Å². The number of rotatable bonds is 4. The summed E-state index contributed by atoms with van der Waals surface area (Å²) in [6.45, 7) is 4.52. The highest BCUT2D eigenvalue weighted by Gasteiger charge is 2.38. The van der Waals surface area contributed by atoms with Gasteiger partial charge < -0.3 is 4.90 Å². The zero-order valence-electron chi connectivity index (χ0n) is 21.8. The number of anilines is 1. The van der Waals surface area contributed by atoms with E-state index in [1.54, 1.807) is 6.08 Å². The van der Waals surface area contributed by atoms with E-state index in [0.717, 1.165) is 39.3 Å². The van der Waals surface area contributed by atoms with E-state index in [0.29, 0.717) is 13.1 Å². The monoisotopic (exact) mass is 529 g/mol. The first-order chi connectivity index (χ1) is 19.0. The number of hydrogen-bond donors (Lipinski definition) is 0. The van der Waals surface area contributed by atoms with Crippen LogP contribution in [0.3, 0.4) is 0 Å². The van der Waals surface area contributed by atoms with Crippen LogP contribution in [-0.2, 0) is 9.59 Å². The number of hydrogen-bond acceptors (Lipinski definition) is 4. The van der Waals surface area contributed by atoms with E-state index in [-0.39, 0.29) is 22.5 Å². The van der Waals surface area contributed by atoms with Crippen molar-refractivity contribution in [2.24, 2.45) is 0 Å². The zero-order valence-corrected chi connectivity index (χ0v) is 22.6. The molecule has 3 aliphatic rings. The van der Waals surface area contributed by atoms with Crippen LogP contribution >= 0.6 is 12.2 Å². The lowest BCUT2D eigenvalue weighted by molar-refractivity contribution is -0.133. The van der Waals surface area contributed by atoms with Crippen LogP contribution in [0.15, 0.2) is 114 Å². The van der Waals surface area contributed by atoms with Crippen molar-refractivity contribution >= 4 is 46.1 Å². The summed E-state index contributed by atoms with van der Waals surface area (Å²) < 4.78 is 0. The van der Waals surface area contributed by atoms with E-state index < -0.39 is 0 Å². The van der Waals surface area contributed by atoms with Gasteiger partial charge in [-0.2, -0.15) is 0 Å². The Balaban J connectivity index is 1.55. The van der Waals surface area contributed by atoms with Crippen LogP contribution in [0.1, 0.15) is 25.0 Å². The average Bonchev–Trinajstić information content (AvgIpc) is 2.98. The second-order valence-electron chi connectivity index (χ2n) is 9.45. The van der Waals surface area contributed by atoms with E-state index in [9.17, 15) is 9.59 Å². The number of para-hydroxylation sites is 1. The number of carbonyl (C=O) groups excluding carboxylic acids is 2. The SMILES string of the molecule is CCN1C(=O)C(=C/C=C2\C=C(c3ccccc3)C=C3c4ccccc4-c4ccccc4N32)C(=O)N(CC)C1=S. The predicted octanol–water partition coefficient (Wildman–Crippen LogP) is 6.42. The summed E-state index contributed by atoms with van der Waals surface area (Å²) in [6, 6.07) is 27.0. The molecule has 5 nitrogen and oxygen atoms in total. The molecule has 3 heterocycles. The van der Waals surface area contributed by atoms with E-state index in [2.05, 4.69) is 65.6 Å². The number of thiocarbonyl (C=S) groups is 1. The molecular formula is C33H27N3O2S. The molecule has 0 bridgehead atoms. The van der Waals surface area contributed by atoms with Crippen LogP contribution in [-0.4, -0.2) is 39.8 Å². The lowest BCUT2D eigenvalue weighted by atomic mass is 9.87. The fourth-order valence-corrected chi connectivity index (χ4v) is 5.84. The minimum Gasteiger partial charge on any atom is -0.309 e. The molecule has 0 aromatic heterocycles. The molecule has 1 saturated heterocycles. The highest BCUT2D eigenvalue weighted by molar-refractivity contribution is 7.80. The van der Waals surface area contributed by atoms with Crippen molar-refractivity contribution in [1.82, 2.24) is 9.80 Å². The van der Waals surface area contributed by atoms with Gasteiger partial charge in [0.1, 0.15) is 5.57 Å². The van der Waals surface area contributed by atoms with E-state index in [4.69, 9.17) is 12.2 Å². The summed E-state index contributed by atoms with van der Waals surface area (Å²) in [5, 5.41) is 0.260. The Hall–Kier alpha value is -4.55. The van der Waals surface area contributed by atoms with Gasteiger partial charge in [0.25, 0.3) is 11.8 Å². The van der Waals surface area contributed by atoms with E-state index in [1.165, 1.54) is 15.4 Å². The topological polar surface area (TPSA) is 43.9 Å². The highest BCUT2D eigenvalue weighted by atomic mass is 32.1. The van der Waals surface area contributed by atoms with Crippen LogP contribution in [0, 0.1) is 0 Å². The molecule has 0 saturated carbocycles. The maximum absolute atomic E-state index is 13.3. The third-order valence-corrected chi connectivity index (χ3v) is 7.75. The lowest BCUT2D eigenvalue weighted by Gasteiger charge is -2.38. The number of fused-ring (bicyclic) bond motifs is 6. The van der Waals surface area contributed by atoms with Crippen molar-refractivity contribution in [2.45, 2.75) is 13.8 Å². The fourth-order valence-electron chi connectivity index (χ4n) is 5.41. The largest absolute Gasteiger partial charge is 0.309 e. The van der Waals surface area contributed by atoms with Crippen molar-refractivity contribution in [3.05, 3.63) is 126 Å². The Morgan fingerprint density at radius 2 is 1.28 bits per heavy atom. The average molecular weight is 530 g/mol. The maximum atomic E-state index is 13.3. The molecule has 6 rings (SSSR count). The van der Waals surface area contributed by atoms with Gasteiger partial charge in [-0.3, -0.25) is 19.4 Å². The molecule has 3 aromatic carbocycles. The van der Waals surface area contributed by atoms with Gasteiger partial charge in [-0.05, 0) is 73.1 Å². The molecule has 39 heavy (non-hydrogen) atoms. The smallest absolute Gasteiger partial charge is 0.265 e. The zero-order chi connectivity index (χ0) is 27.1. The van der Waals surface area contributed by atoms with Crippen molar-refractivity contribution in [3.8, 4) is 11.1 Å². The quantitative estimate of drug-likeness (QED) is 0.222. The second-order valence-corrected chi connectivity index (χ2v) is 9.81. The van der Waals surface area contributed by atoms with Gasteiger partial charge in [-0.1, -0.05) is 72.8 Å². The van der Waals surface area contributed by atoms with Crippen LogP contribution in [0.25, 0.3) is 22.4 Å². The summed E-state index contributed by atoms with van der Waals surface area (Å²) in [6.07, 6.45) is 7.85. The Labute approximate surface area is 233 Å². The molecule has 6 heteroatoms. The van der Waals surface area contributed by atoms with Crippen molar-refractivity contribution in [1.29, 1.82) is 0 Å². The summed E-state index contributed by atoms with van der Waals surface area (Å²) in [5.74, 6) is -0.727. The minimum absolute atomic E-state index is 0.108. The third-order valence-electron chi connectivity index (χ3n) is 7.31. The Bertz CT molecular complexity index is 1620. The molecule has 2 amide bonds. The number of benzene rings is 3. The predicted molar refractivity (Wildman–Crippen MR) is 160 cm³/mol. The van der Waals surface area contributed by atoms with Crippen molar-refractivity contribution in [2.75, 3.05) is 18.0 Å². The van der Waals surface area contributed by atoms with E-state index in [1.807, 2.05) is 50.3 Å². The summed E-state index contributed by atoms with van der Waals surface area (Å²) in [7, 11) is 0. The van der Waals surface area contributed by atoms with Gasteiger partial charge in [-0.15, -0.1) is 0 Å². The van der Waals surface area contributed by atoms with Gasteiger partial charge in [0.05, 0.1) is 11.4 Å². The molecule has 3 aliphatic heterocycles. The standard InChI is InChI=1S/C33H27N3O2S/c1-3-34-31(37)28(32(38)35(4-2)33(34)39)19-18-24-20-23(22-12-6-5-7-13-22)21-30-27-16-9-8-14-25(27)26-15-10-11-17-29(26)36(24)30/h5-21H,3-4H2,1-2H3/b24-18+. The maximum Gasteiger partial charge on any atom is 0.265 e. The molecule has 0 aliphatic carbocycles. The first kappa shape index (κ1) is 24.8. The van der Waals surface area contributed by atoms with Crippen LogP contribution in [0.5, 0.6) is 0 Å². The van der Waals surface area contributed by atoms with Crippen LogP contribution in [0.4, 0.5) is 5.69 Å². The molecule has 0 N–H and O–H groups in total. The van der Waals surface area contributed by atoms with Gasteiger partial charge in [-0.25, -0.2) is 0 Å². The number of allylic oxidation sites excluding steroid dienone is 5. The van der Waals surface area contributed by atoms with E-state index >= 15 is 0 Å². The summed E-state index contributed by atoms with van der Waals surface area (Å²) in [5.41, 5.74) is 8.62. The summed E-state index contributed by atoms with van der Waals surface area (Å²) in [4.78, 5) is 31.8. The molecular weight excluding hydrogens is 502 g/mol. The molecule has 192 valence electrons. The van der Waals surface area contributed by atoms with Gasteiger partial charge >= 0.3 is 0 Å². The molecule has 1 fully saturated rings. The second kappa shape index (κ2) is 9.97. The number of amides is 2. The highest BCUT2D eigenvalue weighted by Crippen LogP contribution is 2.48. The Kier molecular flexibility index (Phi) is 6.33. The number of nitrogens with zero attached hydrogens (tertiary/aromatic N) is 3. The molecule has 0 unspecified atom stereocenters. The number of likely N-dealkylation sites (N-methyl/N-ethyl adjacent to an activating group) is 2. The first-order valence-corrected chi connectivity index (χ1v) is 13.5. The fraction of sp³-hybridized carbons (Fsp3) is 0.121. The molecule has 3 aromatic rings. The van der Waals surface area contributed by atoms with Crippen molar-refractivity contribution in [3.63, 3.8) is 0 Å². The van der Waals surface area contributed by atoms with Gasteiger partial charge in [0.15, 0.2) is 5.11 Å². The van der Waals surface area contributed by atoms with Crippen LogP contribution < -0.4 is 4.90 Å². The molecule has 0 spiro atoms. The lowest BCUT2D eigenvalue weighted by Crippen LogP contribution is -2.55. The Morgan fingerprint density at radius 1 is 0.692 bits per heavy atom. The molecule has 0 radical (unpaired) electrons. The Morgan fingerprint density at radius 3 is 1.95 bits per heavy atom. The summed E-state index contributed by atoms with van der Waals surface area (Å²) >= 11 is 5.43. The van der Waals surface area contributed by atoms with Gasteiger partial charge in [0, 0.05) is 29.9 Å². The van der Waals surface area contributed by atoms with Crippen molar-refractivity contribution < 1.29 is 9.59 Å². The first-order valence-electron chi connectivity index (χ1n) is 13.1. The normalized spacial score (nSPS) is 17.5. The molecule has 0 atom stereocenters. The third kappa shape index (κ3) is 4.04. The minimum atomic E-state index is -0.364.